The predicted octanol–water partition coefficient (Wildman–Crippen LogP) is 1.48. The Morgan fingerprint density at radius 3 is 2.38 bits per heavy atom. The van der Waals surface area contributed by atoms with Crippen LogP contribution < -0.4 is 10.6 Å². The van der Waals surface area contributed by atoms with Crippen LogP contribution in [-0.2, 0) is 16.4 Å². The number of benzene rings is 1. The number of nitrogens with one attached hydrogen (secondary N) is 2. The van der Waals surface area contributed by atoms with Crippen molar-refractivity contribution in [3.8, 4) is 0 Å². The fourth-order valence-corrected chi connectivity index (χ4v) is 4.60. The molecule has 1 aliphatic heterocycles. The molecule has 0 aromatic heterocycles. The average Bonchev–Trinajstić information content (AvgIpc) is 2.69. The summed E-state index contributed by atoms with van der Waals surface area (Å²) in [4.78, 5) is 9.72. The molecule has 0 unspecified atom stereocenters. The van der Waals surface area contributed by atoms with E-state index in [1.807, 2.05) is 19.1 Å². The molecule has 8 heteroatoms. The molecule has 1 aromatic carbocycles. The lowest BCUT2D eigenvalue weighted by molar-refractivity contribution is 0.136. The molecule has 1 aromatic rings. The maximum absolute atomic E-state index is 11.7. The molecule has 164 valence electrons. The number of piperazine rings is 1. The molecule has 29 heavy (non-hydrogen) atoms. The fraction of sp³-hybridized carbons (Fsp3) is 0.667. The molecule has 7 nitrogen and oxygen atoms in total. The number of likely N-dealkylation sites (N-methyl/N-ethyl adjacent to an activating group) is 1. The van der Waals surface area contributed by atoms with Crippen molar-refractivity contribution in [1.82, 2.24) is 20.4 Å². The first-order chi connectivity index (χ1) is 13.8. The molecule has 1 fully saturated rings. The third-order valence-corrected chi connectivity index (χ3v) is 6.69. The van der Waals surface area contributed by atoms with E-state index in [9.17, 15) is 8.42 Å². The molecule has 0 aliphatic carbocycles. The third kappa shape index (κ3) is 7.95. The SMILES string of the molecule is CCN1CCN(CCCCNC(=NC)NCc2ccc(S(C)(=O)=O)c(C)c2)CC1. The zero-order chi connectivity index (χ0) is 21.3. The Labute approximate surface area is 176 Å². The van der Waals surface area contributed by atoms with Crippen LogP contribution in [0.5, 0.6) is 0 Å². The monoisotopic (exact) mass is 423 g/mol. The van der Waals surface area contributed by atoms with Crippen molar-refractivity contribution in [3.05, 3.63) is 29.3 Å². The Kier molecular flexibility index (Phi) is 9.39. The first-order valence-electron chi connectivity index (χ1n) is 10.5. The summed E-state index contributed by atoms with van der Waals surface area (Å²) in [7, 11) is -1.41. The number of aryl methyl sites for hydroxylation is 1. The van der Waals surface area contributed by atoms with E-state index in [4.69, 9.17) is 0 Å². The highest BCUT2D eigenvalue weighted by atomic mass is 32.2. The minimum atomic E-state index is -3.18. The molecular weight excluding hydrogens is 386 g/mol. The van der Waals surface area contributed by atoms with Gasteiger partial charge in [0.1, 0.15) is 0 Å². The number of nitrogens with zero attached hydrogens (tertiary/aromatic N) is 3. The maximum atomic E-state index is 11.7. The number of rotatable bonds is 9. The normalized spacial score (nSPS) is 16.8. The van der Waals surface area contributed by atoms with Crippen LogP contribution in [0, 0.1) is 6.92 Å². The Morgan fingerprint density at radius 1 is 1.10 bits per heavy atom. The zero-order valence-electron chi connectivity index (χ0n) is 18.4. The molecule has 0 atom stereocenters. The van der Waals surface area contributed by atoms with E-state index in [2.05, 4.69) is 32.3 Å². The largest absolute Gasteiger partial charge is 0.356 e. The maximum Gasteiger partial charge on any atom is 0.191 e. The quantitative estimate of drug-likeness (QED) is 0.356. The molecular formula is C21H37N5O2S. The van der Waals surface area contributed by atoms with E-state index in [1.165, 1.54) is 38.9 Å². The van der Waals surface area contributed by atoms with Crippen LogP contribution in [0.25, 0.3) is 0 Å². The van der Waals surface area contributed by atoms with Crippen molar-refractivity contribution < 1.29 is 8.42 Å². The highest BCUT2D eigenvalue weighted by Crippen LogP contribution is 2.16. The lowest BCUT2D eigenvalue weighted by Crippen LogP contribution is -2.46. The van der Waals surface area contributed by atoms with Crippen molar-refractivity contribution in [3.63, 3.8) is 0 Å². The molecule has 1 heterocycles. The van der Waals surface area contributed by atoms with Gasteiger partial charge < -0.3 is 20.4 Å². The standard InChI is InChI=1S/C21H37N5O2S/c1-5-25-12-14-26(15-13-25)11-7-6-10-23-21(22-3)24-17-19-8-9-20(18(2)16-19)29(4,27)28/h8-9,16H,5-7,10-15,17H2,1-4H3,(H2,22,23,24). The van der Waals surface area contributed by atoms with E-state index >= 15 is 0 Å². The van der Waals surface area contributed by atoms with Gasteiger partial charge in [0.25, 0.3) is 0 Å². The highest BCUT2D eigenvalue weighted by Gasteiger charge is 2.14. The van der Waals surface area contributed by atoms with Gasteiger partial charge in [-0.15, -0.1) is 0 Å². The van der Waals surface area contributed by atoms with Crippen LogP contribution in [0.2, 0.25) is 0 Å². The zero-order valence-corrected chi connectivity index (χ0v) is 19.2. The Morgan fingerprint density at radius 2 is 1.79 bits per heavy atom. The van der Waals surface area contributed by atoms with Gasteiger partial charge in [-0.2, -0.15) is 0 Å². The van der Waals surface area contributed by atoms with Gasteiger partial charge in [-0.25, -0.2) is 8.42 Å². The molecule has 0 saturated carbocycles. The van der Waals surface area contributed by atoms with Gasteiger partial charge >= 0.3 is 0 Å². The second-order valence-corrected chi connectivity index (χ2v) is 9.69. The van der Waals surface area contributed by atoms with Gasteiger partial charge in [-0.1, -0.05) is 19.1 Å². The first-order valence-corrected chi connectivity index (χ1v) is 12.4. The van der Waals surface area contributed by atoms with Gasteiger partial charge in [0.2, 0.25) is 0 Å². The number of sulfone groups is 1. The lowest BCUT2D eigenvalue weighted by Gasteiger charge is -2.34. The summed E-state index contributed by atoms with van der Waals surface area (Å²) in [6.45, 7) is 12.6. The second kappa shape index (κ2) is 11.5. The molecule has 1 saturated heterocycles. The smallest absolute Gasteiger partial charge is 0.191 e. The molecule has 2 N–H and O–H groups in total. The number of guanidine groups is 1. The summed E-state index contributed by atoms with van der Waals surface area (Å²) in [6, 6.07) is 5.44. The van der Waals surface area contributed by atoms with Gasteiger partial charge in [0.15, 0.2) is 15.8 Å². The molecule has 0 bridgehead atoms. The molecule has 0 spiro atoms. The molecule has 2 rings (SSSR count). The van der Waals surface area contributed by atoms with Crippen LogP contribution in [0.1, 0.15) is 30.9 Å². The molecule has 1 aliphatic rings. The van der Waals surface area contributed by atoms with Crippen molar-refractivity contribution in [2.45, 2.75) is 38.1 Å². The number of hydrogen-bond acceptors (Lipinski definition) is 5. The van der Waals surface area contributed by atoms with E-state index in [1.54, 1.807) is 13.1 Å². The second-order valence-electron chi connectivity index (χ2n) is 7.71. The predicted molar refractivity (Wildman–Crippen MR) is 120 cm³/mol. The van der Waals surface area contributed by atoms with E-state index in [0.29, 0.717) is 11.4 Å². The van der Waals surface area contributed by atoms with Crippen molar-refractivity contribution >= 4 is 15.8 Å². The minimum absolute atomic E-state index is 0.389. The molecule has 0 amide bonds. The number of aliphatic imine (C=N–C) groups is 1. The highest BCUT2D eigenvalue weighted by molar-refractivity contribution is 7.90. The van der Waals surface area contributed by atoms with Crippen LogP contribution in [0.15, 0.2) is 28.1 Å². The van der Waals surface area contributed by atoms with Gasteiger partial charge in [0, 0.05) is 52.6 Å². The van der Waals surface area contributed by atoms with Gasteiger partial charge in [-0.3, -0.25) is 4.99 Å². The van der Waals surface area contributed by atoms with E-state index < -0.39 is 9.84 Å². The average molecular weight is 424 g/mol. The summed E-state index contributed by atoms with van der Waals surface area (Å²) >= 11 is 0. The molecule has 0 radical (unpaired) electrons. The fourth-order valence-electron chi connectivity index (χ4n) is 3.64. The van der Waals surface area contributed by atoms with E-state index in [-0.39, 0.29) is 0 Å². The summed E-state index contributed by atoms with van der Waals surface area (Å²) < 4.78 is 23.5. The van der Waals surface area contributed by atoms with Crippen LogP contribution in [0.4, 0.5) is 0 Å². The van der Waals surface area contributed by atoms with Gasteiger partial charge in [0.05, 0.1) is 4.90 Å². The van der Waals surface area contributed by atoms with E-state index in [0.717, 1.165) is 43.1 Å². The number of unbranched alkanes of at least 4 members (excludes halogenated alkanes) is 1. The number of hydrogen-bond donors (Lipinski definition) is 2. The van der Waals surface area contributed by atoms with Crippen LogP contribution >= 0.6 is 0 Å². The first kappa shape index (κ1) is 23.6. The third-order valence-electron chi connectivity index (χ3n) is 5.43. The van der Waals surface area contributed by atoms with Crippen molar-refractivity contribution in [1.29, 1.82) is 0 Å². The summed E-state index contributed by atoms with van der Waals surface area (Å²) in [5.41, 5.74) is 1.80. The van der Waals surface area contributed by atoms with Crippen LogP contribution in [-0.4, -0.2) is 83.3 Å². The summed E-state index contributed by atoms with van der Waals surface area (Å²) in [5.74, 6) is 0.770. The summed E-state index contributed by atoms with van der Waals surface area (Å²) in [6.07, 6.45) is 3.53. The summed E-state index contributed by atoms with van der Waals surface area (Å²) in [5, 5.41) is 6.66. The van der Waals surface area contributed by atoms with Crippen molar-refractivity contribution in [2.24, 2.45) is 4.99 Å². The Bertz CT molecular complexity index is 771. The Balaban J connectivity index is 1.66. The van der Waals surface area contributed by atoms with Crippen LogP contribution in [0.3, 0.4) is 0 Å². The topological polar surface area (TPSA) is 77.0 Å². The van der Waals surface area contributed by atoms with Crippen molar-refractivity contribution in [2.75, 3.05) is 59.1 Å². The minimum Gasteiger partial charge on any atom is -0.356 e. The lowest BCUT2D eigenvalue weighted by atomic mass is 10.1. The van der Waals surface area contributed by atoms with Gasteiger partial charge in [-0.05, 0) is 50.0 Å². The Hall–Kier alpha value is -1.64.